The Bertz CT molecular complexity index is 1170. The number of carbonyl (C=O) groups is 1. The highest BCUT2D eigenvalue weighted by Gasteiger charge is 2.14. The molecule has 0 unspecified atom stereocenters. The molecule has 0 aliphatic heterocycles. The van der Waals surface area contributed by atoms with Gasteiger partial charge >= 0.3 is 0 Å². The van der Waals surface area contributed by atoms with Crippen LogP contribution in [0.2, 0.25) is 0 Å². The fourth-order valence-corrected chi connectivity index (χ4v) is 3.34. The molecule has 0 radical (unpaired) electrons. The molecule has 4 rings (SSSR count). The lowest BCUT2D eigenvalue weighted by atomic mass is 10.1. The Morgan fingerprint density at radius 3 is 2.53 bits per heavy atom. The smallest absolute Gasteiger partial charge is 0.255 e. The van der Waals surface area contributed by atoms with Crippen LogP contribution in [0.25, 0.3) is 5.69 Å². The Kier molecular flexibility index (Phi) is 5.38. The van der Waals surface area contributed by atoms with E-state index in [1.807, 2.05) is 80.1 Å². The number of aryl methyl sites for hydroxylation is 3. The zero-order chi connectivity index (χ0) is 21.1. The summed E-state index contributed by atoms with van der Waals surface area (Å²) in [5.74, 6) is 0.538. The fourth-order valence-electron chi connectivity index (χ4n) is 3.34. The molecule has 0 saturated heterocycles. The van der Waals surface area contributed by atoms with Gasteiger partial charge in [0.15, 0.2) is 5.82 Å². The van der Waals surface area contributed by atoms with Gasteiger partial charge in [0.25, 0.3) is 5.91 Å². The number of aromatic nitrogens is 6. The van der Waals surface area contributed by atoms with Crippen molar-refractivity contribution >= 4 is 11.6 Å². The molecule has 2 heterocycles. The molecule has 8 heteroatoms. The van der Waals surface area contributed by atoms with Crippen molar-refractivity contribution in [1.82, 2.24) is 30.0 Å². The lowest BCUT2D eigenvalue weighted by molar-refractivity contribution is 0.102. The quantitative estimate of drug-likeness (QED) is 0.535. The number of carbonyl (C=O) groups excluding carboxylic acids is 1. The largest absolute Gasteiger partial charge is 0.320 e. The number of rotatable bonds is 6. The third-order valence-electron chi connectivity index (χ3n) is 4.88. The maximum absolute atomic E-state index is 12.8. The molecule has 0 bridgehead atoms. The SMILES string of the molecule is CCc1nnnn1-c1ccccc1NC(=O)c1ccc(Cn2nc(C)cc2C)cc1. The molecule has 0 spiro atoms. The van der Waals surface area contributed by atoms with Gasteiger partial charge in [-0.05, 0) is 60.2 Å². The van der Waals surface area contributed by atoms with Crippen LogP contribution in [-0.2, 0) is 13.0 Å². The van der Waals surface area contributed by atoms with Gasteiger partial charge in [0, 0.05) is 17.7 Å². The van der Waals surface area contributed by atoms with Crippen LogP contribution in [0.3, 0.4) is 0 Å². The maximum Gasteiger partial charge on any atom is 0.255 e. The van der Waals surface area contributed by atoms with Crippen molar-refractivity contribution < 1.29 is 4.79 Å². The number of amides is 1. The van der Waals surface area contributed by atoms with E-state index in [0.717, 1.165) is 28.5 Å². The first-order valence-electron chi connectivity index (χ1n) is 9.83. The Hall–Kier alpha value is -3.81. The van der Waals surface area contributed by atoms with Gasteiger partial charge in [0.1, 0.15) is 0 Å². The Balaban J connectivity index is 1.52. The molecule has 1 N–H and O–H groups in total. The molecule has 30 heavy (non-hydrogen) atoms. The molecule has 0 saturated carbocycles. The summed E-state index contributed by atoms with van der Waals surface area (Å²) in [6.45, 7) is 6.67. The number of anilines is 1. The van der Waals surface area contributed by atoms with Crippen molar-refractivity contribution in [1.29, 1.82) is 0 Å². The summed E-state index contributed by atoms with van der Waals surface area (Å²) < 4.78 is 3.60. The molecular formula is C22H23N7O. The van der Waals surface area contributed by atoms with Gasteiger partial charge in [-0.2, -0.15) is 9.78 Å². The number of nitrogens with one attached hydrogen (secondary N) is 1. The highest BCUT2D eigenvalue weighted by atomic mass is 16.1. The third kappa shape index (κ3) is 3.98. The van der Waals surface area contributed by atoms with E-state index in [9.17, 15) is 4.79 Å². The van der Waals surface area contributed by atoms with E-state index in [1.54, 1.807) is 4.68 Å². The number of para-hydroxylation sites is 2. The summed E-state index contributed by atoms with van der Waals surface area (Å²) >= 11 is 0. The average molecular weight is 401 g/mol. The van der Waals surface area contributed by atoms with Crippen molar-refractivity contribution in [2.24, 2.45) is 0 Å². The van der Waals surface area contributed by atoms with E-state index in [2.05, 4.69) is 25.9 Å². The summed E-state index contributed by atoms with van der Waals surface area (Å²) in [6.07, 6.45) is 0.687. The van der Waals surface area contributed by atoms with Gasteiger partial charge in [-0.25, -0.2) is 0 Å². The molecule has 2 aromatic carbocycles. The molecule has 0 aliphatic rings. The highest BCUT2D eigenvalue weighted by Crippen LogP contribution is 2.21. The maximum atomic E-state index is 12.8. The van der Waals surface area contributed by atoms with Gasteiger partial charge in [-0.3, -0.25) is 9.48 Å². The standard InChI is InChI=1S/C22H23N7O/c1-4-21-24-26-27-29(21)20-8-6-5-7-19(20)23-22(30)18-11-9-17(10-12-18)14-28-16(3)13-15(2)25-28/h5-13H,4,14H2,1-3H3,(H,23,30). The summed E-state index contributed by atoms with van der Waals surface area (Å²) in [7, 11) is 0. The van der Waals surface area contributed by atoms with Crippen LogP contribution in [-0.4, -0.2) is 35.9 Å². The minimum absolute atomic E-state index is 0.189. The highest BCUT2D eigenvalue weighted by molar-refractivity contribution is 6.05. The van der Waals surface area contributed by atoms with Crippen molar-refractivity contribution in [2.45, 2.75) is 33.7 Å². The molecule has 0 atom stereocenters. The zero-order valence-electron chi connectivity index (χ0n) is 17.2. The van der Waals surface area contributed by atoms with Gasteiger partial charge < -0.3 is 5.32 Å². The monoisotopic (exact) mass is 401 g/mol. The molecule has 0 fully saturated rings. The lowest BCUT2D eigenvalue weighted by Crippen LogP contribution is -2.15. The van der Waals surface area contributed by atoms with Crippen molar-refractivity contribution in [2.75, 3.05) is 5.32 Å². The first-order chi connectivity index (χ1) is 14.5. The van der Waals surface area contributed by atoms with Gasteiger partial charge in [0.2, 0.25) is 0 Å². The minimum atomic E-state index is -0.189. The lowest BCUT2D eigenvalue weighted by Gasteiger charge is -2.12. The van der Waals surface area contributed by atoms with Crippen LogP contribution < -0.4 is 5.32 Å². The predicted octanol–water partition coefficient (Wildman–Crippen LogP) is 3.34. The van der Waals surface area contributed by atoms with Crippen molar-refractivity contribution in [3.05, 3.63) is 82.9 Å². The van der Waals surface area contributed by atoms with Crippen molar-refractivity contribution in [3.63, 3.8) is 0 Å². The summed E-state index contributed by atoms with van der Waals surface area (Å²) in [6, 6.07) is 17.1. The van der Waals surface area contributed by atoms with Crippen LogP contribution in [0.15, 0.2) is 54.6 Å². The Morgan fingerprint density at radius 2 is 1.83 bits per heavy atom. The van der Waals surface area contributed by atoms with Crippen LogP contribution in [0.5, 0.6) is 0 Å². The molecule has 0 aliphatic carbocycles. The summed E-state index contributed by atoms with van der Waals surface area (Å²) in [5.41, 5.74) is 5.15. The van der Waals surface area contributed by atoms with E-state index >= 15 is 0 Å². The van der Waals surface area contributed by atoms with Gasteiger partial charge in [-0.15, -0.1) is 5.10 Å². The van der Waals surface area contributed by atoms with E-state index in [-0.39, 0.29) is 5.91 Å². The second-order valence-electron chi connectivity index (χ2n) is 7.11. The van der Waals surface area contributed by atoms with E-state index < -0.39 is 0 Å². The fraction of sp³-hybridized carbons (Fsp3) is 0.227. The van der Waals surface area contributed by atoms with Gasteiger partial charge in [0.05, 0.1) is 23.6 Å². The van der Waals surface area contributed by atoms with E-state index in [4.69, 9.17) is 0 Å². The second kappa shape index (κ2) is 8.28. The number of hydrogen-bond donors (Lipinski definition) is 1. The van der Waals surface area contributed by atoms with Crippen LogP contribution in [0, 0.1) is 13.8 Å². The van der Waals surface area contributed by atoms with E-state index in [1.165, 1.54) is 0 Å². The van der Waals surface area contributed by atoms with E-state index in [0.29, 0.717) is 24.2 Å². The normalized spacial score (nSPS) is 10.9. The Labute approximate surface area is 174 Å². The molecule has 152 valence electrons. The van der Waals surface area contributed by atoms with Gasteiger partial charge in [-0.1, -0.05) is 31.2 Å². The predicted molar refractivity (Wildman–Crippen MR) is 114 cm³/mol. The van der Waals surface area contributed by atoms with Crippen LogP contribution >= 0.6 is 0 Å². The summed E-state index contributed by atoms with van der Waals surface area (Å²) in [4.78, 5) is 12.8. The number of hydrogen-bond acceptors (Lipinski definition) is 5. The third-order valence-corrected chi connectivity index (χ3v) is 4.88. The first kappa shape index (κ1) is 19.5. The average Bonchev–Trinajstić information content (AvgIpc) is 3.34. The molecule has 1 amide bonds. The number of nitrogens with zero attached hydrogens (tertiary/aromatic N) is 6. The molecule has 4 aromatic rings. The number of benzene rings is 2. The topological polar surface area (TPSA) is 90.5 Å². The second-order valence-corrected chi connectivity index (χ2v) is 7.11. The zero-order valence-corrected chi connectivity index (χ0v) is 17.2. The molecular weight excluding hydrogens is 378 g/mol. The van der Waals surface area contributed by atoms with Crippen molar-refractivity contribution in [3.8, 4) is 5.69 Å². The molecule has 8 nitrogen and oxygen atoms in total. The Morgan fingerprint density at radius 1 is 1.07 bits per heavy atom. The molecule has 2 aromatic heterocycles. The minimum Gasteiger partial charge on any atom is -0.320 e. The number of tetrazole rings is 1. The van der Waals surface area contributed by atoms with Crippen LogP contribution in [0.1, 0.15) is 40.1 Å². The first-order valence-corrected chi connectivity index (χ1v) is 9.83. The van der Waals surface area contributed by atoms with Crippen LogP contribution in [0.4, 0.5) is 5.69 Å². The summed E-state index contributed by atoms with van der Waals surface area (Å²) in [5, 5.41) is 19.3.